The summed E-state index contributed by atoms with van der Waals surface area (Å²) >= 11 is 6.32. The predicted octanol–water partition coefficient (Wildman–Crippen LogP) is 3.82. The van der Waals surface area contributed by atoms with Crippen LogP contribution in [0.25, 0.3) is 0 Å². The van der Waals surface area contributed by atoms with E-state index in [0.29, 0.717) is 8.95 Å². The Morgan fingerprint density at radius 3 is 2.43 bits per heavy atom. The molecule has 14 heavy (non-hydrogen) atoms. The van der Waals surface area contributed by atoms with Crippen molar-refractivity contribution < 1.29 is 18.3 Å². The minimum atomic E-state index is -2.87. The lowest BCUT2D eigenvalue weighted by molar-refractivity contribution is -0.0513. The Morgan fingerprint density at radius 2 is 1.93 bits per heavy atom. The highest BCUT2D eigenvalue weighted by Crippen LogP contribution is 2.38. The van der Waals surface area contributed by atoms with Gasteiger partial charge in [-0.2, -0.15) is 8.78 Å². The zero-order chi connectivity index (χ0) is 10.7. The summed E-state index contributed by atoms with van der Waals surface area (Å²) in [6.07, 6.45) is 0. The summed E-state index contributed by atoms with van der Waals surface area (Å²) in [5, 5.41) is 0. The average molecular weight is 332 g/mol. The molecule has 0 saturated heterocycles. The Bertz CT molecular complexity index is 331. The Balaban J connectivity index is 3.11. The second-order valence-electron chi connectivity index (χ2n) is 2.30. The van der Waals surface area contributed by atoms with Crippen molar-refractivity contribution in [2.75, 3.05) is 7.11 Å². The first-order valence-electron chi connectivity index (χ1n) is 3.52. The molecule has 1 aromatic rings. The number of halogens is 4. The molecule has 6 heteroatoms. The summed E-state index contributed by atoms with van der Waals surface area (Å²) in [5.41, 5.74) is 0. The van der Waals surface area contributed by atoms with E-state index in [4.69, 9.17) is 4.74 Å². The molecule has 0 aliphatic rings. The van der Waals surface area contributed by atoms with E-state index < -0.39 is 6.61 Å². The molecule has 0 aliphatic heterocycles. The number of benzene rings is 1. The highest BCUT2D eigenvalue weighted by atomic mass is 79.9. The first-order valence-corrected chi connectivity index (χ1v) is 5.11. The van der Waals surface area contributed by atoms with Crippen LogP contribution in [0.5, 0.6) is 11.5 Å². The predicted molar refractivity (Wildman–Crippen MR) is 55.0 cm³/mol. The van der Waals surface area contributed by atoms with Crippen LogP contribution in [0.4, 0.5) is 8.78 Å². The van der Waals surface area contributed by atoms with Gasteiger partial charge < -0.3 is 9.47 Å². The average Bonchev–Trinajstić information content (AvgIpc) is 2.01. The van der Waals surface area contributed by atoms with Gasteiger partial charge in [0, 0.05) is 4.47 Å². The van der Waals surface area contributed by atoms with E-state index in [2.05, 4.69) is 36.6 Å². The van der Waals surface area contributed by atoms with Crippen LogP contribution in [-0.4, -0.2) is 13.7 Å². The van der Waals surface area contributed by atoms with Gasteiger partial charge in [-0.3, -0.25) is 0 Å². The van der Waals surface area contributed by atoms with Gasteiger partial charge in [0.1, 0.15) is 0 Å². The maximum Gasteiger partial charge on any atom is 0.387 e. The van der Waals surface area contributed by atoms with E-state index in [1.165, 1.54) is 13.2 Å². The van der Waals surface area contributed by atoms with E-state index in [0.717, 1.165) is 0 Å². The van der Waals surface area contributed by atoms with Crippen molar-refractivity contribution in [1.82, 2.24) is 0 Å². The monoisotopic (exact) mass is 330 g/mol. The Morgan fingerprint density at radius 1 is 1.29 bits per heavy atom. The number of rotatable bonds is 3. The lowest BCUT2D eigenvalue weighted by atomic mass is 10.3. The number of methoxy groups -OCH3 is 1. The third-order valence-corrected chi connectivity index (χ3v) is 2.44. The maximum absolute atomic E-state index is 12.0. The fourth-order valence-corrected chi connectivity index (χ4v) is 2.27. The molecule has 0 amide bonds. The molecule has 0 bridgehead atoms. The SMILES string of the molecule is COc1c(Br)cc(Br)cc1OC(F)F. The van der Waals surface area contributed by atoms with Gasteiger partial charge in [-0.15, -0.1) is 0 Å². The Kier molecular flexibility index (Phi) is 4.12. The normalized spacial score (nSPS) is 10.4. The van der Waals surface area contributed by atoms with Crippen molar-refractivity contribution >= 4 is 31.9 Å². The van der Waals surface area contributed by atoms with E-state index in [9.17, 15) is 8.78 Å². The van der Waals surface area contributed by atoms with Crippen LogP contribution >= 0.6 is 31.9 Å². The molecular weight excluding hydrogens is 326 g/mol. The van der Waals surface area contributed by atoms with Crippen molar-refractivity contribution in [3.63, 3.8) is 0 Å². The second-order valence-corrected chi connectivity index (χ2v) is 4.07. The summed E-state index contributed by atoms with van der Waals surface area (Å²) in [4.78, 5) is 0. The van der Waals surface area contributed by atoms with E-state index >= 15 is 0 Å². The highest BCUT2D eigenvalue weighted by Gasteiger charge is 2.14. The molecule has 0 N–H and O–H groups in total. The Hall–Kier alpha value is -0.360. The number of hydrogen-bond donors (Lipinski definition) is 0. The molecule has 0 aliphatic carbocycles. The molecule has 0 fully saturated rings. The highest BCUT2D eigenvalue weighted by molar-refractivity contribution is 9.11. The smallest absolute Gasteiger partial charge is 0.387 e. The second kappa shape index (κ2) is 4.93. The van der Waals surface area contributed by atoms with Crippen molar-refractivity contribution in [2.24, 2.45) is 0 Å². The van der Waals surface area contributed by atoms with Gasteiger partial charge in [0.15, 0.2) is 11.5 Å². The van der Waals surface area contributed by atoms with Crippen molar-refractivity contribution in [1.29, 1.82) is 0 Å². The van der Waals surface area contributed by atoms with Gasteiger partial charge in [0.25, 0.3) is 0 Å². The molecule has 0 spiro atoms. The van der Waals surface area contributed by atoms with E-state index in [-0.39, 0.29) is 11.5 Å². The molecular formula is C8H6Br2F2O2. The van der Waals surface area contributed by atoms with Gasteiger partial charge in [0.2, 0.25) is 0 Å². The van der Waals surface area contributed by atoms with E-state index in [1.807, 2.05) is 0 Å². The first-order chi connectivity index (χ1) is 6.54. The molecule has 1 rings (SSSR count). The summed E-state index contributed by atoms with van der Waals surface area (Å²) in [5.74, 6) is 0.234. The lowest BCUT2D eigenvalue weighted by Crippen LogP contribution is -2.03. The minimum absolute atomic E-state index is 0.0104. The van der Waals surface area contributed by atoms with Crippen molar-refractivity contribution in [3.8, 4) is 11.5 Å². The summed E-state index contributed by atoms with van der Waals surface area (Å²) < 4.78 is 34.3. The van der Waals surface area contributed by atoms with Crippen LogP contribution in [0, 0.1) is 0 Å². The lowest BCUT2D eigenvalue weighted by Gasteiger charge is -2.11. The number of ether oxygens (including phenoxy) is 2. The third kappa shape index (κ3) is 2.81. The molecule has 0 radical (unpaired) electrons. The zero-order valence-electron chi connectivity index (χ0n) is 7.06. The zero-order valence-corrected chi connectivity index (χ0v) is 10.2. The summed E-state index contributed by atoms with van der Waals surface area (Å²) in [6.45, 7) is -2.87. The van der Waals surface area contributed by atoms with E-state index in [1.54, 1.807) is 6.07 Å². The quantitative estimate of drug-likeness (QED) is 0.838. The minimum Gasteiger partial charge on any atom is -0.492 e. The van der Waals surface area contributed by atoms with Gasteiger partial charge in [-0.25, -0.2) is 0 Å². The van der Waals surface area contributed by atoms with Crippen LogP contribution < -0.4 is 9.47 Å². The fraction of sp³-hybridized carbons (Fsp3) is 0.250. The van der Waals surface area contributed by atoms with Gasteiger partial charge >= 0.3 is 6.61 Å². The first kappa shape index (κ1) is 11.7. The molecule has 0 heterocycles. The number of hydrogen-bond acceptors (Lipinski definition) is 2. The summed E-state index contributed by atoms with van der Waals surface area (Å²) in [7, 11) is 1.38. The van der Waals surface area contributed by atoms with Crippen molar-refractivity contribution in [2.45, 2.75) is 6.61 Å². The standard InChI is InChI=1S/C8H6Br2F2O2/c1-13-7-5(10)2-4(9)3-6(7)14-8(11)12/h2-3,8H,1H3. The largest absolute Gasteiger partial charge is 0.492 e. The molecule has 0 atom stereocenters. The van der Waals surface area contributed by atoms with Gasteiger partial charge in [-0.05, 0) is 28.1 Å². The van der Waals surface area contributed by atoms with Gasteiger partial charge in [-0.1, -0.05) is 15.9 Å². The van der Waals surface area contributed by atoms with Crippen LogP contribution in [0.15, 0.2) is 21.1 Å². The van der Waals surface area contributed by atoms with Crippen LogP contribution in [-0.2, 0) is 0 Å². The molecule has 1 aromatic carbocycles. The molecule has 0 saturated carbocycles. The van der Waals surface area contributed by atoms with Gasteiger partial charge in [0.05, 0.1) is 11.6 Å². The number of alkyl halides is 2. The van der Waals surface area contributed by atoms with Crippen molar-refractivity contribution in [3.05, 3.63) is 21.1 Å². The van der Waals surface area contributed by atoms with Crippen LogP contribution in [0.3, 0.4) is 0 Å². The fourth-order valence-electron chi connectivity index (χ4n) is 0.918. The maximum atomic E-state index is 12.0. The molecule has 2 nitrogen and oxygen atoms in total. The molecule has 0 unspecified atom stereocenters. The topological polar surface area (TPSA) is 18.5 Å². The third-order valence-electron chi connectivity index (χ3n) is 1.39. The Labute approximate surface area is 96.5 Å². The summed E-state index contributed by atoms with van der Waals surface area (Å²) in [6, 6.07) is 3.09. The molecule has 78 valence electrons. The molecule has 0 aromatic heterocycles. The van der Waals surface area contributed by atoms with Crippen LogP contribution in [0.1, 0.15) is 0 Å². The van der Waals surface area contributed by atoms with Crippen LogP contribution in [0.2, 0.25) is 0 Å².